The summed E-state index contributed by atoms with van der Waals surface area (Å²) in [6.45, 7) is 2.79. The maximum Gasteiger partial charge on any atom is 0.319 e. The molecule has 0 spiro atoms. The lowest BCUT2D eigenvalue weighted by atomic mass is 9.84. The third kappa shape index (κ3) is 2.50. The summed E-state index contributed by atoms with van der Waals surface area (Å²) in [6.07, 6.45) is 0. The lowest BCUT2D eigenvalue weighted by molar-refractivity contribution is -0.147. The first kappa shape index (κ1) is 14.2. The molecule has 1 aromatic rings. The summed E-state index contributed by atoms with van der Waals surface area (Å²) in [7, 11) is 2.58. The zero-order valence-electron chi connectivity index (χ0n) is 10.7. The molecule has 0 aliphatic heterocycles. The van der Waals surface area contributed by atoms with E-state index < -0.39 is 23.0 Å². The zero-order valence-corrected chi connectivity index (χ0v) is 10.7. The van der Waals surface area contributed by atoms with E-state index in [9.17, 15) is 14.0 Å². The third-order valence-electron chi connectivity index (χ3n) is 2.68. The van der Waals surface area contributed by atoms with Crippen LogP contribution in [0.2, 0.25) is 0 Å². The Morgan fingerprint density at radius 2 is 1.83 bits per heavy atom. The van der Waals surface area contributed by atoms with E-state index in [0.29, 0.717) is 5.75 Å². The molecule has 5 heteroatoms. The highest BCUT2D eigenvalue weighted by Crippen LogP contribution is 2.26. The summed E-state index contributed by atoms with van der Waals surface area (Å²) in [5.74, 6) is -1.76. The van der Waals surface area contributed by atoms with Crippen molar-refractivity contribution in [3.8, 4) is 5.75 Å². The van der Waals surface area contributed by atoms with Crippen LogP contribution in [0.25, 0.3) is 0 Å². The van der Waals surface area contributed by atoms with Crippen LogP contribution in [-0.2, 0) is 9.53 Å². The van der Waals surface area contributed by atoms with Crippen molar-refractivity contribution in [2.45, 2.75) is 13.8 Å². The highest BCUT2D eigenvalue weighted by Gasteiger charge is 2.38. The number of hydrogen-bond acceptors (Lipinski definition) is 4. The van der Waals surface area contributed by atoms with Crippen LogP contribution in [0.4, 0.5) is 4.39 Å². The van der Waals surface area contributed by atoms with Crippen molar-refractivity contribution in [1.82, 2.24) is 0 Å². The van der Waals surface area contributed by atoms with E-state index in [1.54, 1.807) is 0 Å². The smallest absolute Gasteiger partial charge is 0.319 e. The standard InChI is InChI=1S/C13H15FO4/c1-13(2,12(16)18-4)11(15)9-6-5-8(17-3)7-10(9)14/h5-7H,1-4H3. The monoisotopic (exact) mass is 254 g/mol. The van der Waals surface area contributed by atoms with Gasteiger partial charge in [0.15, 0.2) is 5.78 Å². The van der Waals surface area contributed by atoms with Gasteiger partial charge in [0.05, 0.1) is 19.8 Å². The minimum Gasteiger partial charge on any atom is -0.497 e. The number of ketones is 1. The van der Waals surface area contributed by atoms with Gasteiger partial charge in [-0.25, -0.2) is 4.39 Å². The van der Waals surface area contributed by atoms with E-state index in [1.807, 2.05) is 0 Å². The normalized spacial score (nSPS) is 10.9. The Morgan fingerprint density at radius 1 is 1.22 bits per heavy atom. The molecule has 0 heterocycles. The number of hydrogen-bond donors (Lipinski definition) is 0. The Hall–Kier alpha value is -1.91. The van der Waals surface area contributed by atoms with Gasteiger partial charge in [0.1, 0.15) is 17.0 Å². The average Bonchev–Trinajstić information content (AvgIpc) is 2.36. The molecule has 0 atom stereocenters. The van der Waals surface area contributed by atoms with Gasteiger partial charge in [0.2, 0.25) is 0 Å². The van der Waals surface area contributed by atoms with Crippen LogP contribution in [0.3, 0.4) is 0 Å². The van der Waals surface area contributed by atoms with Crippen molar-refractivity contribution in [3.63, 3.8) is 0 Å². The van der Waals surface area contributed by atoms with Crippen LogP contribution in [0.5, 0.6) is 5.75 Å². The molecule has 0 unspecified atom stereocenters. The van der Waals surface area contributed by atoms with Crippen molar-refractivity contribution in [1.29, 1.82) is 0 Å². The number of rotatable bonds is 4. The quantitative estimate of drug-likeness (QED) is 0.469. The molecule has 0 aromatic heterocycles. The lowest BCUT2D eigenvalue weighted by Crippen LogP contribution is -2.35. The van der Waals surface area contributed by atoms with Crippen molar-refractivity contribution in [3.05, 3.63) is 29.6 Å². The van der Waals surface area contributed by atoms with Crippen molar-refractivity contribution >= 4 is 11.8 Å². The van der Waals surface area contributed by atoms with E-state index in [4.69, 9.17) is 4.74 Å². The van der Waals surface area contributed by atoms with Crippen molar-refractivity contribution < 1.29 is 23.5 Å². The summed E-state index contributed by atoms with van der Waals surface area (Å²) in [6, 6.07) is 3.85. The van der Waals surface area contributed by atoms with E-state index in [2.05, 4.69) is 4.74 Å². The molecule has 0 fully saturated rings. The molecule has 0 saturated heterocycles. The van der Waals surface area contributed by atoms with Crippen LogP contribution >= 0.6 is 0 Å². The van der Waals surface area contributed by atoms with Gasteiger partial charge in [-0.15, -0.1) is 0 Å². The minimum atomic E-state index is -1.43. The second kappa shape index (κ2) is 5.16. The highest BCUT2D eigenvalue weighted by atomic mass is 19.1. The van der Waals surface area contributed by atoms with Crippen LogP contribution in [0.1, 0.15) is 24.2 Å². The largest absolute Gasteiger partial charge is 0.497 e. The third-order valence-corrected chi connectivity index (χ3v) is 2.68. The highest BCUT2D eigenvalue weighted by molar-refractivity contribution is 6.12. The second-order valence-electron chi connectivity index (χ2n) is 4.29. The predicted octanol–water partition coefficient (Wildman–Crippen LogP) is 2.22. The van der Waals surface area contributed by atoms with Gasteiger partial charge < -0.3 is 9.47 Å². The summed E-state index contributed by atoms with van der Waals surface area (Å²) in [4.78, 5) is 23.6. The lowest BCUT2D eigenvalue weighted by Gasteiger charge is -2.20. The first-order valence-electron chi connectivity index (χ1n) is 5.31. The van der Waals surface area contributed by atoms with E-state index in [1.165, 1.54) is 40.2 Å². The molecule has 4 nitrogen and oxygen atoms in total. The van der Waals surface area contributed by atoms with Gasteiger partial charge >= 0.3 is 5.97 Å². The molecule has 0 radical (unpaired) electrons. The Morgan fingerprint density at radius 3 is 2.28 bits per heavy atom. The van der Waals surface area contributed by atoms with Crippen LogP contribution in [-0.4, -0.2) is 26.0 Å². The fourth-order valence-electron chi connectivity index (χ4n) is 1.49. The van der Waals surface area contributed by atoms with E-state index in [0.717, 1.165) is 6.07 Å². The molecule has 98 valence electrons. The number of halogens is 1. The molecule has 0 saturated carbocycles. The fourth-order valence-corrected chi connectivity index (χ4v) is 1.49. The van der Waals surface area contributed by atoms with Gasteiger partial charge in [-0.3, -0.25) is 9.59 Å². The predicted molar refractivity (Wildman–Crippen MR) is 63.1 cm³/mol. The Kier molecular flexibility index (Phi) is 4.06. The number of Topliss-reactive ketones (excluding diaryl/α,β-unsaturated/α-hetero) is 1. The van der Waals surface area contributed by atoms with Crippen LogP contribution < -0.4 is 4.74 Å². The second-order valence-corrected chi connectivity index (χ2v) is 4.29. The number of benzene rings is 1. The Balaban J connectivity index is 3.15. The number of carbonyl (C=O) groups excluding carboxylic acids is 2. The van der Waals surface area contributed by atoms with Crippen LogP contribution in [0.15, 0.2) is 18.2 Å². The van der Waals surface area contributed by atoms with Gasteiger partial charge in [0.25, 0.3) is 0 Å². The first-order valence-corrected chi connectivity index (χ1v) is 5.31. The summed E-state index contributed by atoms with van der Waals surface area (Å²) in [5, 5.41) is 0. The average molecular weight is 254 g/mol. The number of ether oxygens (including phenoxy) is 2. The molecular weight excluding hydrogens is 239 g/mol. The number of carbonyl (C=O) groups is 2. The molecule has 0 N–H and O–H groups in total. The molecule has 0 amide bonds. The molecule has 0 aliphatic rings. The minimum absolute atomic E-state index is 0.161. The fraction of sp³-hybridized carbons (Fsp3) is 0.385. The van der Waals surface area contributed by atoms with Crippen molar-refractivity contribution in [2.24, 2.45) is 5.41 Å². The first-order chi connectivity index (χ1) is 8.34. The number of methoxy groups -OCH3 is 2. The summed E-state index contributed by atoms with van der Waals surface area (Å²) in [5.41, 5.74) is -1.59. The molecule has 0 bridgehead atoms. The molecule has 1 rings (SSSR count). The molecule has 0 aliphatic carbocycles. The maximum atomic E-state index is 13.7. The van der Waals surface area contributed by atoms with E-state index in [-0.39, 0.29) is 5.56 Å². The maximum absolute atomic E-state index is 13.7. The summed E-state index contributed by atoms with van der Waals surface area (Å²) >= 11 is 0. The van der Waals surface area contributed by atoms with Gasteiger partial charge in [0, 0.05) is 6.07 Å². The Bertz CT molecular complexity index is 480. The van der Waals surface area contributed by atoms with E-state index >= 15 is 0 Å². The molecule has 18 heavy (non-hydrogen) atoms. The molecular formula is C13H15FO4. The Labute approximate surface area is 105 Å². The SMILES string of the molecule is COC(=O)C(C)(C)C(=O)c1ccc(OC)cc1F. The zero-order chi connectivity index (χ0) is 13.9. The summed E-state index contributed by atoms with van der Waals surface area (Å²) < 4.78 is 23.1. The number of esters is 1. The topological polar surface area (TPSA) is 52.6 Å². The van der Waals surface area contributed by atoms with Crippen LogP contribution in [0, 0.1) is 11.2 Å². The van der Waals surface area contributed by atoms with Gasteiger partial charge in [-0.2, -0.15) is 0 Å². The van der Waals surface area contributed by atoms with Gasteiger partial charge in [-0.1, -0.05) is 0 Å². The van der Waals surface area contributed by atoms with Gasteiger partial charge in [-0.05, 0) is 26.0 Å². The molecule has 1 aromatic carbocycles. The van der Waals surface area contributed by atoms with Crippen molar-refractivity contribution in [2.75, 3.05) is 14.2 Å².